The van der Waals surface area contributed by atoms with Crippen LogP contribution in [0.5, 0.6) is 0 Å². The third-order valence-electron chi connectivity index (χ3n) is 9.55. The average molecular weight is 407 g/mol. The maximum atomic E-state index is 12.4. The molecule has 5 aliphatic rings. The van der Waals surface area contributed by atoms with Gasteiger partial charge in [-0.15, -0.1) is 0 Å². The lowest BCUT2D eigenvalue weighted by Crippen LogP contribution is -2.58. The highest BCUT2D eigenvalue weighted by Crippen LogP contribution is 2.70. The van der Waals surface area contributed by atoms with Crippen molar-refractivity contribution in [3.63, 3.8) is 0 Å². The van der Waals surface area contributed by atoms with Gasteiger partial charge in [-0.25, -0.2) is 4.21 Å². The highest BCUT2D eigenvalue weighted by atomic mass is 32.2. The van der Waals surface area contributed by atoms with Crippen LogP contribution in [0.1, 0.15) is 71.6 Å². The molecular weight excluding hydrogens is 376 g/mol. The first-order chi connectivity index (χ1) is 13.2. The van der Waals surface area contributed by atoms with Crippen LogP contribution in [0.3, 0.4) is 0 Å². The molecule has 1 aliphatic heterocycles. The number of rotatable bonds is 1. The number of allylic oxidation sites excluding steroid dienone is 1. The fraction of sp³-hybridized carbons (Fsp3) is 0.818. The Balaban J connectivity index is 1.57. The van der Waals surface area contributed by atoms with Gasteiger partial charge in [0.15, 0.2) is 16.9 Å². The van der Waals surface area contributed by atoms with Crippen LogP contribution in [-0.2, 0) is 25.4 Å². The Morgan fingerprint density at radius 3 is 2.50 bits per heavy atom. The van der Waals surface area contributed by atoms with E-state index in [0.29, 0.717) is 31.1 Å². The third kappa shape index (κ3) is 2.31. The van der Waals surface area contributed by atoms with Gasteiger partial charge in [-0.05, 0) is 74.2 Å². The van der Waals surface area contributed by atoms with E-state index in [2.05, 4.69) is 13.8 Å². The molecule has 0 aromatic rings. The summed E-state index contributed by atoms with van der Waals surface area (Å²) in [6.07, 6.45) is 8.87. The zero-order valence-corrected chi connectivity index (χ0v) is 17.6. The molecule has 154 valence electrons. The molecule has 1 N–H and O–H groups in total. The standard InChI is InChI=1S/C22H30O5S/c1-20-7-3-14(23)11-13(20)12-17(28(25)26)19-15(20)4-8-21(2)16(19)5-9-22(21)10-6-18(24)27-22/h11,15-17,19H,3-10,12H2,1-2H3,(H,25,26)/t15-,16-,17+,19+,20-,21-,22+/m0/s1. The molecule has 28 heavy (non-hydrogen) atoms. The first-order valence-electron chi connectivity index (χ1n) is 10.8. The molecule has 0 aromatic heterocycles. The van der Waals surface area contributed by atoms with Gasteiger partial charge < -0.3 is 9.29 Å². The van der Waals surface area contributed by atoms with E-state index in [9.17, 15) is 18.4 Å². The lowest BCUT2D eigenvalue weighted by Gasteiger charge is -2.60. The maximum absolute atomic E-state index is 12.4. The summed E-state index contributed by atoms with van der Waals surface area (Å²) in [5, 5.41) is -0.327. The second-order valence-electron chi connectivity index (χ2n) is 10.3. The molecule has 1 spiro atoms. The van der Waals surface area contributed by atoms with Crippen LogP contribution >= 0.6 is 0 Å². The maximum Gasteiger partial charge on any atom is 0.306 e. The van der Waals surface area contributed by atoms with Gasteiger partial charge in [0, 0.05) is 18.3 Å². The SMILES string of the molecule is C[C@]12CCC(=O)C=C1C[C@@H](S(=O)O)[C@@H]1[C@@H]2CC[C@@]2(C)[C@H]1CC[C@@]21CCC(=O)O1. The molecule has 4 aliphatic carbocycles. The van der Waals surface area contributed by atoms with Gasteiger partial charge in [0.25, 0.3) is 0 Å². The van der Waals surface area contributed by atoms with Crippen molar-refractivity contribution >= 4 is 22.8 Å². The van der Waals surface area contributed by atoms with E-state index in [1.165, 1.54) is 0 Å². The van der Waals surface area contributed by atoms with Crippen molar-refractivity contribution in [1.82, 2.24) is 0 Å². The van der Waals surface area contributed by atoms with Crippen molar-refractivity contribution in [3.05, 3.63) is 11.6 Å². The summed E-state index contributed by atoms with van der Waals surface area (Å²) >= 11 is -1.92. The largest absolute Gasteiger partial charge is 0.458 e. The van der Waals surface area contributed by atoms with E-state index in [-0.39, 0.29) is 39.4 Å². The second-order valence-corrected chi connectivity index (χ2v) is 11.5. The van der Waals surface area contributed by atoms with Crippen molar-refractivity contribution in [1.29, 1.82) is 0 Å². The predicted molar refractivity (Wildman–Crippen MR) is 105 cm³/mol. The Kier molecular flexibility index (Phi) is 4.07. The molecule has 5 nitrogen and oxygen atoms in total. The van der Waals surface area contributed by atoms with Gasteiger partial charge in [0.1, 0.15) is 5.60 Å². The van der Waals surface area contributed by atoms with Crippen LogP contribution in [0.25, 0.3) is 0 Å². The minimum atomic E-state index is -1.92. The number of carbonyl (C=O) groups is 2. The first-order valence-corrected chi connectivity index (χ1v) is 11.9. The summed E-state index contributed by atoms with van der Waals surface area (Å²) in [7, 11) is 0. The van der Waals surface area contributed by atoms with E-state index < -0.39 is 11.1 Å². The molecule has 1 unspecified atom stereocenters. The third-order valence-corrected chi connectivity index (χ3v) is 10.6. The molecule has 0 aromatic carbocycles. The summed E-state index contributed by atoms with van der Waals surface area (Å²) in [5.41, 5.74) is 0.569. The van der Waals surface area contributed by atoms with Gasteiger partial charge in [-0.1, -0.05) is 19.4 Å². The molecule has 3 saturated carbocycles. The Bertz CT molecular complexity index is 805. The molecule has 8 atom stereocenters. The number of hydrogen-bond donors (Lipinski definition) is 1. The van der Waals surface area contributed by atoms with Crippen molar-refractivity contribution in [3.8, 4) is 0 Å². The highest BCUT2D eigenvalue weighted by molar-refractivity contribution is 7.79. The zero-order valence-electron chi connectivity index (χ0n) is 16.7. The molecule has 0 radical (unpaired) electrons. The first kappa shape index (κ1) is 19.0. The van der Waals surface area contributed by atoms with Gasteiger partial charge in [-0.2, -0.15) is 0 Å². The van der Waals surface area contributed by atoms with E-state index >= 15 is 0 Å². The molecular formula is C22H30O5S. The average Bonchev–Trinajstić information content (AvgIpc) is 3.16. The predicted octanol–water partition coefficient (Wildman–Crippen LogP) is 3.79. The van der Waals surface area contributed by atoms with E-state index in [0.717, 1.165) is 44.1 Å². The Morgan fingerprint density at radius 1 is 1.07 bits per heavy atom. The summed E-state index contributed by atoms with van der Waals surface area (Å²) in [4.78, 5) is 24.1. The van der Waals surface area contributed by atoms with Crippen molar-refractivity contribution in [2.75, 3.05) is 0 Å². The molecule has 6 heteroatoms. The van der Waals surface area contributed by atoms with E-state index in [4.69, 9.17) is 4.74 Å². The minimum absolute atomic E-state index is 0.0438. The number of carbonyl (C=O) groups excluding carboxylic acids is 2. The Labute approximate surface area is 168 Å². The quantitative estimate of drug-likeness (QED) is 0.529. The number of esters is 1. The lowest BCUT2D eigenvalue weighted by molar-refractivity contribution is -0.167. The Hall–Kier alpha value is -1.01. The Morgan fingerprint density at radius 2 is 1.82 bits per heavy atom. The summed E-state index contributed by atoms with van der Waals surface area (Å²) in [6, 6.07) is 0. The molecule has 5 rings (SSSR count). The molecule has 4 fully saturated rings. The van der Waals surface area contributed by atoms with Gasteiger partial charge in [-0.3, -0.25) is 9.59 Å². The topological polar surface area (TPSA) is 80.7 Å². The highest BCUT2D eigenvalue weighted by Gasteiger charge is 2.68. The van der Waals surface area contributed by atoms with Crippen LogP contribution in [0.15, 0.2) is 11.6 Å². The van der Waals surface area contributed by atoms with Crippen LogP contribution in [0.2, 0.25) is 0 Å². The molecule has 1 saturated heterocycles. The van der Waals surface area contributed by atoms with E-state index in [1.807, 2.05) is 0 Å². The fourth-order valence-corrected chi connectivity index (χ4v) is 8.97. The normalized spacial score (nSPS) is 51.2. The minimum Gasteiger partial charge on any atom is -0.458 e. The van der Waals surface area contributed by atoms with Crippen LogP contribution < -0.4 is 0 Å². The number of ketones is 1. The van der Waals surface area contributed by atoms with Gasteiger partial charge in [0.05, 0.1) is 5.25 Å². The summed E-state index contributed by atoms with van der Waals surface area (Å²) in [5.74, 6) is 0.851. The lowest BCUT2D eigenvalue weighted by atomic mass is 9.46. The van der Waals surface area contributed by atoms with Crippen molar-refractivity contribution in [2.45, 2.75) is 82.5 Å². The number of ether oxygens (including phenoxy) is 1. The molecule has 1 heterocycles. The van der Waals surface area contributed by atoms with Crippen molar-refractivity contribution in [2.24, 2.45) is 28.6 Å². The van der Waals surface area contributed by atoms with E-state index in [1.54, 1.807) is 6.08 Å². The van der Waals surface area contributed by atoms with Crippen LogP contribution in [-0.4, -0.2) is 31.4 Å². The van der Waals surface area contributed by atoms with Gasteiger partial charge >= 0.3 is 5.97 Å². The zero-order chi connectivity index (χ0) is 19.9. The summed E-state index contributed by atoms with van der Waals surface area (Å²) < 4.78 is 28.6. The molecule has 0 bridgehead atoms. The smallest absolute Gasteiger partial charge is 0.306 e. The monoisotopic (exact) mass is 406 g/mol. The van der Waals surface area contributed by atoms with Gasteiger partial charge in [0.2, 0.25) is 0 Å². The van der Waals surface area contributed by atoms with Crippen LogP contribution in [0, 0.1) is 28.6 Å². The second kappa shape index (κ2) is 6.00. The van der Waals surface area contributed by atoms with Crippen molar-refractivity contribution < 1.29 is 23.1 Å². The number of fused-ring (bicyclic) bond motifs is 6. The van der Waals surface area contributed by atoms with Crippen LogP contribution in [0.4, 0.5) is 0 Å². The fourth-order valence-electron chi connectivity index (χ4n) is 8.00. The number of hydrogen-bond acceptors (Lipinski definition) is 4. The molecule has 0 amide bonds. The summed E-state index contributed by atoms with van der Waals surface area (Å²) in [6.45, 7) is 4.55.